The topological polar surface area (TPSA) is 69.7 Å². The number of benzene rings is 1. The lowest BCUT2D eigenvalue weighted by Crippen LogP contribution is -2.35. The van der Waals surface area contributed by atoms with Crippen LogP contribution in [-0.2, 0) is 0 Å². The molecule has 1 aliphatic rings. The molecule has 10 heteroatoms. The molecule has 0 atom stereocenters. The SMILES string of the molecule is FC(F)(F)CCN1CCC(c2nsc3cc(Nc4n[nH]c5cccnc45)ccc23)CC1. The number of hydrogen-bond acceptors (Lipinski definition) is 6. The number of halogens is 3. The third-order valence-electron chi connectivity index (χ3n) is 5.77. The van der Waals surface area contributed by atoms with Gasteiger partial charge in [-0.2, -0.15) is 22.6 Å². The van der Waals surface area contributed by atoms with E-state index < -0.39 is 12.6 Å². The van der Waals surface area contributed by atoms with Gasteiger partial charge in [-0.25, -0.2) is 0 Å². The summed E-state index contributed by atoms with van der Waals surface area (Å²) in [7, 11) is 0. The van der Waals surface area contributed by atoms with Crippen LogP contribution in [0.4, 0.5) is 24.7 Å². The van der Waals surface area contributed by atoms with Gasteiger partial charge in [-0.15, -0.1) is 0 Å². The summed E-state index contributed by atoms with van der Waals surface area (Å²) in [6, 6.07) is 9.90. The zero-order valence-corrected chi connectivity index (χ0v) is 17.4. The minimum absolute atomic E-state index is 0.0831. The van der Waals surface area contributed by atoms with Crippen molar-refractivity contribution in [1.29, 1.82) is 0 Å². The molecule has 1 aromatic carbocycles. The number of nitrogens with zero attached hydrogens (tertiary/aromatic N) is 4. The molecule has 1 fully saturated rings. The van der Waals surface area contributed by atoms with Gasteiger partial charge in [0.15, 0.2) is 5.82 Å². The zero-order valence-electron chi connectivity index (χ0n) is 16.6. The summed E-state index contributed by atoms with van der Waals surface area (Å²) < 4.78 is 43.2. The highest BCUT2D eigenvalue weighted by molar-refractivity contribution is 7.13. The summed E-state index contributed by atoms with van der Waals surface area (Å²) in [6.45, 7) is 1.44. The molecule has 4 heterocycles. The number of nitrogens with one attached hydrogen (secondary N) is 2. The molecule has 0 spiro atoms. The van der Waals surface area contributed by atoms with Gasteiger partial charge in [0.25, 0.3) is 0 Å². The van der Waals surface area contributed by atoms with Gasteiger partial charge >= 0.3 is 6.18 Å². The second kappa shape index (κ2) is 8.08. The first kappa shape index (κ1) is 20.2. The molecular formula is C21H21F3N6S. The van der Waals surface area contributed by atoms with Gasteiger partial charge in [-0.05, 0) is 67.8 Å². The number of H-pyrrole nitrogens is 1. The first-order valence-electron chi connectivity index (χ1n) is 10.2. The van der Waals surface area contributed by atoms with Crippen molar-refractivity contribution in [3.8, 4) is 0 Å². The minimum Gasteiger partial charge on any atom is -0.337 e. The second-order valence-corrected chi connectivity index (χ2v) is 8.66. The highest BCUT2D eigenvalue weighted by atomic mass is 32.1. The molecule has 4 aromatic rings. The Kier molecular flexibility index (Phi) is 5.27. The molecule has 5 rings (SSSR count). The number of likely N-dealkylation sites (tertiary alicyclic amines) is 1. The molecule has 0 bridgehead atoms. The molecule has 0 amide bonds. The fraction of sp³-hybridized carbons (Fsp3) is 0.381. The largest absolute Gasteiger partial charge is 0.390 e. The Hall–Kier alpha value is -2.72. The molecule has 31 heavy (non-hydrogen) atoms. The Morgan fingerprint density at radius 2 is 2.03 bits per heavy atom. The number of rotatable bonds is 5. The number of aromatic amines is 1. The highest BCUT2D eigenvalue weighted by Gasteiger charge is 2.30. The molecule has 3 aromatic heterocycles. The van der Waals surface area contributed by atoms with Gasteiger partial charge in [0.2, 0.25) is 0 Å². The van der Waals surface area contributed by atoms with Crippen molar-refractivity contribution in [2.45, 2.75) is 31.4 Å². The van der Waals surface area contributed by atoms with Crippen LogP contribution in [0, 0.1) is 0 Å². The van der Waals surface area contributed by atoms with Crippen LogP contribution in [0.25, 0.3) is 21.1 Å². The van der Waals surface area contributed by atoms with Crippen LogP contribution >= 0.6 is 11.5 Å². The molecule has 1 saturated heterocycles. The Labute approximate surface area is 180 Å². The first-order valence-corrected chi connectivity index (χ1v) is 11.0. The summed E-state index contributed by atoms with van der Waals surface area (Å²) >= 11 is 1.46. The Balaban J connectivity index is 1.28. The van der Waals surface area contributed by atoms with E-state index in [0.29, 0.717) is 18.9 Å². The van der Waals surface area contributed by atoms with Crippen molar-refractivity contribution in [3.63, 3.8) is 0 Å². The summed E-state index contributed by atoms with van der Waals surface area (Å²) in [5, 5.41) is 11.7. The monoisotopic (exact) mass is 446 g/mol. The number of hydrogen-bond donors (Lipinski definition) is 2. The number of pyridine rings is 1. The standard InChI is InChI=1S/C21H21F3N6S/c22-21(23,24)7-11-30-9-5-13(6-10-30)18-15-4-3-14(12-17(15)31-29-18)26-20-19-16(27-28-20)2-1-8-25-19/h1-4,8,12-13H,5-7,9-11H2,(H2,26,27,28). The highest BCUT2D eigenvalue weighted by Crippen LogP contribution is 2.36. The van der Waals surface area contributed by atoms with Crippen LogP contribution in [0.15, 0.2) is 36.5 Å². The number of fused-ring (bicyclic) bond motifs is 2. The Bertz CT molecular complexity index is 1190. The van der Waals surface area contributed by atoms with Crippen molar-refractivity contribution >= 4 is 44.2 Å². The molecule has 1 aliphatic heterocycles. The maximum Gasteiger partial charge on any atom is 0.390 e. The second-order valence-electron chi connectivity index (χ2n) is 7.86. The lowest BCUT2D eigenvalue weighted by molar-refractivity contribution is -0.138. The molecule has 6 nitrogen and oxygen atoms in total. The Morgan fingerprint density at radius 1 is 1.19 bits per heavy atom. The summed E-state index contributed by atoms with van der Waals surface area (Å²) in [6.07, 6.45) is -1.43. The van der Waals surface area contributed by atoms with E-state index in [1.807, 2.05) is 23.1 Å². The summed E-state index contributed by atoms with van der Waals surface area (Å²) in [5.74, 6) is 0.958. The fourth-order valence-electron chi connectivity index (χ4n) is 4.12. The van der Waals surface area contributed by atoms with Crippen molar-refractivity contribution in [2.75, 3.05) is 25.0 Å². The predicted octanol–water partition coefficient (Wildman–Crippen LogP) is 5.44. The van der Waals surface area contributed by atoms with Gasteiger partial charge in [0.1, 0.15) is 5.52 Å². The fourth-order valence-corrected chi connectivity index (χ4v) is 5.02. The van der Waals surface area contributed by atoms with Crippen molar-refractivity contribution in [2.24, 2.45) is 0 Å². The van der Waals surface area contributed by atoms with E-state index >= 15 is 0 Å². The third kappa shape index (κ3) is 4.35. The minimum atomic E-state index is -4.09. The average molecular weight is 447 g/mol. The lowest BCUT2D eigenvalue weighted by Gasteiger charge is -2.31. The molecule has 0 unspecified atom stereocenters. The summed E-state index contributed by atoms with van der Waals surface area (Å²) in [5.41, 5.74) is 3.62. The quantitative estimate of drug-likeness (QED) is 0.427. The van der Waals surface area contributed by atoms with Gasteiger partial charge in [-0.1, -0.05) is 0 Å². The van der Waals surface area contributed by atoms with E-state index in [4.69, 9.17) is 4.37 Å². The lowest BCUT2D eigenvalue weighted by atomic mass is 9.91. The summed E-state index contributed by atoms with van der Waals surface area (Å²) in [4.78, 5) is 6.27. The van der Waals surface area contributed by atoms with E-state index in [1.165, 1.54) is 11.5 Å². The van der Waals surface area contributed by atoms with Crippen LogP contribution < -0.4 is 5.32 Å². The van der Waals surface area contributed by atoms with E-state index in [2.05, 4.69) is 32.6 Å². The molecule has 0 aliphatic carbocycles. The third-order valence-corrected chi connectivity index (χ3v) is 6.59. The van der Waals surface area contributed by atoms with Gasteiger partial charge < -0.3 is 10.2 Å². The maximum absolute atomic E-state index is 12.5. The average Bonchev–Trinajstić information content (AvgIpc) is 3.36. The van der Waals surface area contributed by atoms with Crippen LogP contribution in [0.5, 0.6) is 0 Å². The Morgan fingerprint density at radius 3 is 2.84 bits per heavy atom. The number of aromatic nitrogens is 4. The van der Waals surface area contributed by atoms with Crippen LogP contribution in [0.1, 0.15) is 30.9 Å². The van der Waals surface area contributed by atoms with Crippen LogP contribution in [-0.4, -0.2) is 50.3 Å². The maximum atomic E-state index is 12.5. The molecule has 162 valence electrons. The molecular weight excluding hydrogens is 425 g/mol. The van der Waals surface area contributed by atoms with Crippen LogP contribution in [0.3, 0.4) is 0 Å². The zero-order chi connectivity index (χ0) is 21.4. The molecule has 0 saturated carbocycles. The van der Waals surface area contributed by atoms with Crippen LogP contribution in [0.2, 0.25) is 0 Å². The van der Waals surface area contributed by atoms with Gasteiger partial charge in [-0.3, -0.25) is 10.1 Å². The van der Waals surface area contributed by atoms with Crippen molar-refractivity contribution in [1.82, 2.24) is 24.5 Å². The van der Waals surface area contributed by atoms with Crippen molar-refractivity contribution in [3.05, 3.63) is 42.2 Å². The first-order chi connectivity index (χ1) is 15.0. The number of anilines is 2. The van der Waals surface area contributed by atoms with E-state index in [1.54, 1.807) is 6.20 Å². The van der Waals surface area contributed by atoms with E-state index in [-0.39, 0.29) is 12.5 Å². The predicted molar refractivity (Wildman–Crippen MR) is 116 cm³/mol. The van der Waals surface area contributed by atoms with E-state index in [0.717, 1.165) is 45.3 Å². The number of piperidine rings is 1. The molecule has 0 radical (unpaired) electrons. The van der Waals surface area contributed by atoms with Gasteiger partial charge in [0, 0.05) is 29.7 Å². The van der Waals surface area contributed by atoms with Gasteiger partial charge in [0.05, 0.1) is 22.3 Å². The number of alkyl halides is 3. The normalized spacial score (nSPS) is 16.4. The smallest absolute Gasteiger partial charge is 0.337 e. The molecule has 2 N–H and O–H groups in total. The van der Waals surface area contributed by atoms with E-state index in [9.17, 15) is 13.2 Å². The van der Waals surface area contributed by atoms with Crippen molar-refractivity contribution < 1.29 is 13.2 Å².